The van der Waals surface area contributed by atoms with Crippen molar-refractivity contribution >= 4 is 17.6 Å². The van der Waals surface area contributed by atoms with Crippen molar-refractivity contribution < 1.29 is 9.52 Å². The van der Waals surface area contributed by atoms with Crippen molar-refractivity contribution in [2.75, 3.05) is 37.0 Å². The highest BCUT2D eigenvalue weighted by molar-refractivity contribution is 5.50. The summed E-state index contributed by atoms with van der Waals surface area (Å²) in [6, 6.07) is 7.65. The van der Waals surface area contributed by atoms with Gasteiger partial charge in [0.05, 0.1) is 24.8 Å². The molecule has 5 heteroatoms. The molecule has 2 N–H and O–H groups in total. The molecular weight excluding hydrogens is 254 g/mol. The summed E-state index contributed by atoms with van der Waals surface area (Å²) >= 11 is 0. The first-order valence-electron chi connectivity index (χ1n) is 6.51. The molecule has 0 atom stereocenters. The van der Waals surface area contributed by atoms with Crippen molar-refractivity contribution in [2.24, 2.45) is 0 Å². The lowest BCUT2D eigenvalue weighted by Gasteiger charge is -2.17. The highest BCUT2D eigenvalue weighted by atomic mass is 16.3. The van der Waals surface area contributed by atoms with Gasteiger partial charge >= 0.3 is 0 Å². The van der Waals surface area contributed by atoms with E-state index in [0.717, 1.165) is 17.3 Å². The molecular formula is C15H19N3O2. The summed E-state index contributed by atoms with van der Waals surface area (Å²) in [5, 5.41) is 12.1. The summed E-state index contributed by atoms with van der Waals surface area (Å²) in [4.78, 5) is 6.28. The Bertz CT molecular complexity index is 521. The van der Waals surface area contributed by atoms with Crippen LogP contribution in [0.3, 0.4) is 0 Å². The summed E-state index contributed by atoms with van der Waals surface area (Å²) in [5.74, 6) is 1.65. The Hall–Kier alpha value is -2.27. The highest BCUT2D eigenvalue weighted by Gasteiger charge is 2.00. The largest absolute Gasteiger partial charge is 0.465 e. The summed E-state index contributed by atoms with van der Waals surface area (Å²) in [5.41, 5.74) is 0.982. The number of aliphatic hydroxyl groups excluding tert-OH is 1. The van der Waals surface area contributed by atoms with Crippen molar-refractivity contribution in [3.8, 4) is 0 Å². The zero-order valence-corrected chi connectivity index (χ0v) is 11.5. The first kappa shape index (κ1) is 14.1. The van der Waals surface area contributed by atoms with E-state index in [4.69, 9.17) is 9.52 Å². The van der Waals surface area contributed by atoms with Crippen molar-refractivity contribution in [3.63, 3.8) is 0 Å². The Kier molecular flexibility index (Phi) is 5.20. The quantitative estimate of drug-likeness (QED) is 0.810. The third-order valence-electron chi connectivity index (χ3n) is 2.85. The van der Waals surface area contributed by atoms with Crippen molar-refractivity contribution in [3.05, 3.63) is 48.6 Å². The molecule has 0 spiro atoms. The van der Waals surface area contributed by atoms with E-state index in [1.54, 1.807) is 12.5 Å². The molecule has 20 heavy (non-hydrogen) atoms. The molecule has 0 aromatic carbocycles. The van der Waals surface area contributed by atoms with Gasteiger partial charge in [0.1, 0.15) is 11.6 Å². The molecule has 0 aliphatic carbocycles. The number of nitrogens with one attached hydrogen (secondary N) is 1. The number of likely N-dealkylation sites (N-methyl/N-ethyl adjacent to an activating group) is 1. The van der Waals surface area contributed by atoms with Crippen LogP contribution < -0.4 is 10.2 Å². The maximum absolute atomic E-state index is 8.88. The Morgan fingerprint density at radius 1 is 1.40 bits per heavy atom. The van der Waals surface area contributed by atoms with Gasteiger partial charge in [0, 0.05) is 20.1 Å². The summed E-state index contributed by atoms with van der Waals surface area (Å²) in [6.07, 6.45) is 7.33. The van der Waals surface area contributed by atoms with Gasteiger partial charge in [-0.15, -0.1) is 0 Å². The number of aromatic nitrogens is 1. The smallest absolute Gasteiger partial charge is 0.126 e. The van der Waals surface area contributed by atoms with Crippen LogP contribution in [0, 0.1) is 0 Å². The molecule has 2 heterocycles. The lowest BCUT2D eigenvalue weighted by molar-refractivity contribution is 0.304. The molecule has 0 aliphatic heterocycles. The van der Waals surface area contributed by atoms with E-state index < -0.39 is 0 Å². The Balaban J connectivity index is 1.81. The van der Waals surface area contributed by atoms with E-state index in [9.17, 15) is 0 Å². The number of pyridine rings is 1. The number of hydrogen-bond donors (Lipinski definition) is 2. The molecule has 0 radical (unpaired) electrons. The minimum absolute atomic E-state index is 0.133. The van der Waals surface area contributed by atoms with Crippen molar-refractivity contribution in [1.29, 1.82) is 0 Å². The van der Waals surface area contributed by atoms with Crippen LogP contribution in [0.2, 0.25) is 0 Å². The molecule has 0 saturated carbocycles. The first-order valence-corrected chi connectivity index (χ1v) is 6.51. The van der Waals surface area contributed by atoms with Crippen LogP contribution in [0.4, 0.5) is 11.5 Å². The van der Waals surface area contributed by atoms with Gasteiger partial charge in [0.25, 0.3) is 0 Å². The Labute approximate surface area is 118 Å². The third-order valence-corrected chi connectivity index (χ3v) is 2.85. The van der Waals surface area contributed by atoms with Crippen LogP contribution >= 0.6 is 0 Å². The van der Waals surface area contributed by atoms with Crippen LogP contribution in [-0.4, -0.2) is 36.8 Å². The molecule has 2 aromatic rings. The molecule has 106 valence electrons. The van der Waals surface area contributed by atoms with E-state index in [2.05, 4.69) is 10.3 Å². The summed E-state index contributed by atoms with van der Waals surface area (Å²) in [6.45, 7) is 1.41. The molecule has 2 rings (SSSR count). The number of aliphatic hydroxyl groups is 1. The fraction of sp³-hybridized carbons (Fsp3) is 0.267. The number of anilines is 2. The molecule has 5 nitrogen and oxygen atoms in total. The number of nitrogens with zero attached hydrogens (tertiary/aromatic N) is 2. The average Bonchev–Trinajstić information content (AvgIpc) is 2.98. The fourth-order valence-electron chi connectivity index (χ4n) is 1.72. The predicted octanol–water partition coefficient (Wildman–Crippen LogP) is 2.23. The minimum atomic E-state index is 0.133. The average molecular weight is 273 g/mol. The number of furan rings is 1. The molecule has 0 unspecified atom stereocenters. The van der Waals surface area contributed by atoms with Gasteiger partial charge in [-0.1, -0.05) is 6.08 Å². The number of rotatable bonds is 7. The van der Waals surface area contributed by atoms with Gasteiger partial charge in [0.2, 0.25) is 0 Å². The van der Waals surface area contributed by atoms with Gasteiger partial charge in [-0.25, -0.2) is 4.98 Å². The van der Waals surface area contributed by atoms with Crippen molar-refractivity contribution in [2.45, 2.75) is 0 Å². The Morgan fingerprint density at radius 2 is 2.30 bits per heavy atom. The second kappa shape index (κ2) is 7.35. The summed E-state index contributed by atoms with van der Waals surface area (Å²) < 4.78 is 5.19. The third kappa shape index (κ3) is 4.13. The lowest BCUT2D eigenvalue weighted by Crippen LogP contribution is -2.21. The Morgan fingerprint density at radius 3 is 2.95 bits per heavy atom. The van der Waals surface area contributed by atoms with E-state index >= 15 is 0 Å². The van der Waals surface area contributed by atoms with E-state index in [1.165, 1.54) is 0 Å². The van der Waals surface area contributed by atoms with E-state index in [-0.39, 0.29) is 6.61 Å². The molecule has 0 amide bonds. The van der Waals surface area contributed by atoms with Gasteiger partial charge in [-0.3, -0.25) is 0 Å². The van der Waals surface area contributed by atoms with Crippen LogP contribution in [0.5, 0.6) is 0 Å². The van der Waals surface area contributed by atoms with Crippen LogP contribution in [0.25, 0.3) is 6.08 Å². The van der Waals surface area contributed by atoms with Crippen LogP contribution in [0.1, 0.15) is 5.76 Å². The van der Waals surface area contributed by atoms with Crippen LogP contribution in [0.15, 0.2) is 47.2 Å². The lowest BCUT2D eigenvalue weighted by atomic mass is 10.3. The standard InChI is InChI=1S/C15H19N3O2/c1-18(9-10-19)13-6-7-15(17-12-13)16-8-2-4-14-5-3-11-20-14/h2-7,11-12,19H,8-10H2,1H3,(H,16,17)/b4-2+. The SMILES string of the molecule is CN(CCO)c1ccc(NC/C=C/c2ccco2)nc1. The fourth-order valence-corrected chi connectivity index (χ4v) is 1.72. The van der Waals surface area contributed by atoms with Gasteiger partial charge in [-0.05, 0) is 30.3 Å². The second-order valence-electron chi connectivity index (χ2n) is 4.35. The molecule has 0 bridgehead atoms. The molecule has 0 aliphatic rings. The number of hydrogen-bond acceptors (Lipinski definition) is 5. The predicted molar refractivity (Wildman–Crippen MR) is 80.8 cm³/mol. The maximum atomic E-state index is 8.88. The maximum Gasteiger partial charge on any atom is 0.126 e. The van der Waals surface area contributed by atoms with Gasteiger partial charge in [-0.2, -0.15) is 0 Å². The monoisotopic (exact) mass is 273 g/mol. The van der Waals surface area contributed by atoms with Gasteiger partial charge < -0.3 is 19.7 Å². The molecule has 0 fully saturated rings. The normalized spacial score (nSPS) is 10.9. The van der Waals surface area contributed by atoms with Crippen molar-refractivity contribution in [1.82, 2.24) is 4.98 Å². The van der Waals surface area contributed by atoms with Gasteiger partial charge in [0.15, 0.2) is 0 Å². The summed E-state index contributed by atoms with van der Waals surface area (Å²) in [7, 11) is 1.92. The minimum Gasteiger partial charge on any atom is -0.465 e. The zero-order valence-electron chi connectivity index (χ0n) is 11.5. The molecule has 2 aromatic heterocycles. The molecule has 0 saturated heterocycles. The zero-order chi connectivity index (χ0) is 14.2. The second-order valence-corrected chi connectivity index (χ2v) is 4.35. The first-order chi connectivity index (χ1) is 9.79. The topological polar surface area (TPSA) is 61.5 Å². The van der Waals surface area contributed by atoms with E-state index in [1.807, 2.05) is 48.4 Å². The highest BCUT2D eigenvalue weighted by Crippen LogP contribution is 2.13. The van der Waals surface area contributed by atoms with E-state index in [0.29, 0.717) is 13.1 Å². The van der Waals surface area contributed by atoms with Crippen LogP contribution in [-0.2, 0) is 0 Å².